The lowest BCUT2D eigenvalue weighted by Crippen LogP contribution is -2.47. The van der Waals surface area contributed by atoms with Gasteiger partial charge in [-0.05, 0) is 42.8 Å². The second-order valence-corrected chi connectivity index (χ2v) is 7.58. The Morgan fingerprint density at radius 2 is 1.81 bits per heavy atom. The van der Waals surface area contributed by atoms with Gasteiger partial charge in [0.25, 0.3) is 5.91 Å². The molecule has 0 atom stereocenters. The molecule has 3 rings (SSSR count). The SMILES string of the molecule is COCc1ccccc1C(=O)NCCCN1CCN(c2cccc(C(F)(F)F)c2)CC1. The Balaban J connectivity index is 1.41. The molecular formula is C23H28F3N3O2. The van der Waals surface area contributed by atoms with Gasteiger partial charge in [-0.1, -0.05) is 24.3 Å². The number of amides is 1. The Labute approximate surface area is 180 Å². The summed E-state index contributed by atoms with van der Waals surface area (Å²) in [5.74, 6) is -0.109. The number of nitrogens with zero attached hydrogens (tertiary/aromatic N) is 2. The van der Waals surface area contributed by atoms with Gasteiger partial charge in [-0.25, -0.2) is 0 Å². The topological polar surface area (TPSA) is 44.8 Å². The predicted molar refractivity (Wildman–Crippen MR) is 114 cm³/mol. The van der Waals surface area contributed by atoms with Gasteiger partial charge in [0.05, 0.1) is 12.2 Å². The van der Waals surface area contributed by atoms with E-state index in [9.17, 15) is 18.0 Å². The van der Waals surface area contributed by atoms with E-state index < -0.39 is 11.7 Å². The van der Waals surface area contributed by atoms with Crippen molar-refractivity contribution in [3.05, 3.63) is 65.2 Å². The molecule has 5 nitrogen and oxygen atoms in total. The molecule has 8 heteroatoms. The Morgan fingerprint density at radius 3 is 2.52 bits per heavy atom. The molecule has 2 aromatic rings. The number of nitrogens with one attached hydrogen (secondary N) is 1. The molecule has 1 aliphatic rings. The summed E-state index contributed by atoms with van der Waals surface area (Å²) >= 11 is 0. The number of carbonyl (C=O) groups is 1. The molecule has 0 aromatic heterocycles. The van der Waals surface area contributed by atoms with E-state index in [1.54, 1.807) is 19.2 Å². The number of benzene rings is 2. The van der Waals surface area contributed by atoms with Crippen molar-refractivity contribution >= 4 is 11.6 Å². The third-order valence-corrected chi connectivity index (χ3v) is 5.41. The van der Waals surface area contributed by atoms with Crippen LogP contribution >= 0.6 is 0 Å². The van der Waals surface area contributed by atoms with Crippen LogP contribution in [0.4, 0.5) is 18.9 Å². The lowest BCUT2D eigenvalue weighted by molar-refractivity contribution is -0.137. The largest absolute Gasteiger partial charge is 0.416 e. The minimum absolute atomic E-state index is 0.109. The maximum atomic E-state index is 12.9. The molecule has 168 valence electrons. The number of anilines is 1. The van der Waals surface area contributed by atoms with Crippen LogP contribution in [-0.2, 0) is 17.5 Å². The molecule has 0 saturated carbocycles. The van der Waals surface area contributed by atoms with Crippen LogP contribution in [0.1, 0.15) is 27.9 Å². The van der Waals surface area contributed by atoms with Gasteiger partial charge in [0.2, 0.25) is 0 Å². The summed E-state index contributed by atoms with van der Waals surface area (Å²) < 4.78 is 43.9. The lowest BCUT2D eigenvalue weighted by Gasteiger charge is -2.36. The van der Waals surface area contributed by atoms with Crippen molar-refractivity contribution < 1.29 is 22.7 Å². The number of alkyl halides is 3. The minimum Gasteiger partial charge on any atom is -0.380 e. The normalized spacial score (nSPS) is 15.2. The highest BCUT2D eigenvalue weighted by Gasteiger charge is 2.31. The maximum absolute atomic E-state index is 12.9. The van der Waals surface area contributed by atoms with Crippen LogP contribution in [0.5, 0.6) is 0 Å². The second kappa shape index (κ2) is 10.6. The predicted octanol–water partition coefficient (Wildman–Crippen LogP) is 3.79. The van der Waals surface area contributed by atoms with E-state index in [1.165, 1.54) is 12.1 Å². The molecule has 0 unspecified atom stereocenters. The van der Waals surface area contributed by atoms with E-state index in [2.05, 4.69) is 10.2 Å². The summed E-state index contributed by atoms with van der Waals surface area (Å²) in [6.07, 6.45) is -3.52. The van der Waals surface area contributed by atoms with Gasteiger partial charge in [0.15, 0.2) is 0 Å². The molecule has 0 bridgehead atoms. The van der Waals surface area contributed by atoms with E-state index in [1.807, 2.05) is 23.1 Å². The van der Waals surface area contributed by atoms with Crippen LogP contribution in [0.2, 0.25) is 0 Å². The molecule has 1 fully saturated rings. The van der Waals surface area contributed by atoms with Gasteiger partial charge < -0.3 is 15.0 Å². The van der Waals surface area contributed by atoms with E-state index in [0.29, 0.717) is 37.5 Å². The lowest BCUT2D eigenvalue weighted by atomic mass is 10.1. The molecule has 1 aliphatic heterocycles. The molecule has 0 aliphatic carbocycles. The number of piperazine rings is 1. The van der Waals surface area contributed by atoms with Crippen molar-refractivity contribution in [3.63, 3.8) is 0 Å². The summed E-state index contributed by atoms with van der Waals surface area (Å²) in [6, 6.07) is 12.9. The fraction of sp³-hybridized carbons (Fsp3) is 0.435. The zero-order valence-corrected chi connectivity index (χ0v) is 17.6. The Morgan fingerprint density at radius 1 is 1.06 bits per heavy atom. The van der Waals surface area contributed by atoms with Crippen LogP contribution in [0, 0.1) is 0 Å². The quantitative estimate of drug-likeness (QED) is 0.641. The molecule has 1 N–H and O–H groups in total. The van der Waals surface area contributed by atoms with Crippen molar-refractivity contribution in [2.45, 2.75) is 19.2 Å². The number of ether oxygens (including phenoxy) is 1. The Bertz CT molecular complexity index is 865. The van der Waals surface area contributed by atoms with Gasteiger partial charge in [-0.3, -0.25) is 9.69 Å². The van der Waals surface area contributed by atoms with Crippen LogP contribution < -0.4 is 10.2 Å². The van der Waals surface area contributed by atoms with Crippen LogP contribution in [-0.4, -0.2) is 57.2 Å². The second-order valence-electron chi connectivity index (χ2n) is 7.58. The van der Waals surface area contributed by atoms with Gasteiger partial charge in [-0.2, -0.15) is 13.2 Å². The number of hydrogen-bond donors (Lipinski definition) is 1. The average Bonchev–Trinajstić information content (AvgIpc) is 2.77. The highest BCUT2D eigenvalue weighted by Crippen LogP contribution is 2.31. The summed E-state index contributed by atoms with van der Waals surface area (Å²) in [4.78, 5) is 16.7. The smallest absolute Gasteiger partial charge is 0.380 e. The van der Waals surface area contributed by atoms with E-state index >= 15 is 0 Å². The average molecular weight is 435 g/mol. The standard InChI is InChI=1S/C23H28F3N3O2/c1-31-17-18-6-2-3-9-21(18)22(30)27-10-5-11-28-12-14-29(15-13-28)20-8-4-7-19(16-20)23(24,25)26/h2-4,6-9,16H,5,10-15,17H2,1H3,(H,27,30). The Kier molecular flexibility index (Phi) is 7.92. The monoisotopic (exact) mass is 435 g/mol. The number of hydrogen-bond acceptors (Lipinski definition) is 4. The van der Waals surface area contributed by atoms with Crippen LogP contribution in [0.3, 0.4) is 0 Å². The van der Waals surface area contributed by atoms with E-state index in [0.717, 1.165) is 37.7 Å². The van der Waals surface area contributed by atoms with Crippen LogP contribution in [0.25, 0.3) is 0 Å². The third kappa shape index (κ3) is 6.45. The van der Waals surface area contributed by atoms with Crippen molar-refractivity contribution in [3.8, 4) is 0 Å². The van der Waals surface area contributed by atoms with E-state index in [-0.39, 0.29) is 5.91 Å². The Hall–Kier alpha value is -2.58. The first-order valence-electron chi connectivity index (χ1n) is 10.4. The molecule has 1 saturated heterocycles. The number of carbonyl (C=O) groups excluding carboxylic acids is 1. The summed E-state index contributed by atoms with van der Waals surface area (Å²) in [5.41, 5.74) is 1.47. The van der Waals surface area contributed by atoms with Crippen LogP contribution in [0.15, 0.2) is 48.5 Å². The zero-order valence-electron chi connectivity index (χ0n) is 17.6. The summed E-state index contributed by atoms with van der Waals surface area (Å²) in [5, 5.41) is 2.95. The number of rotatable bonds is 8. The van der Waals surface area contributed by atoms with Gasteiger partial charge in [0.1, 0.15) is 0 Å². The maximum Gasteiger partial charge on any atom is 0.416 e. The van der Waals surface area contributed by atoms with Crippen molar-refractivity contribution in [2.75, 3.05) is 51.3 Å². The van der Waals surface area contributed by atoms with Crippen molar-refractivity contribution in [1.82, 2.24) is 10.2 Å². The molecular weight excluding hydrogens is 407 g/mol. The zero-order chi connectivity index (χ0) is 22.3. The number of halogens is 3. The van der Waals surface area contributed by atoms with Gasteiger partial charge >= 0.3 is 6.18 Å². The number of methoxy groups -OCH3 is 1. The highest BCUT2D eigenvalue weighted by molar-refractivity contribution is 5.95. The van der Waals surface area contributed by atoms with E-state index in [4.69, 9.17) is 4.74 Å². The first kappa shape index (κ1) is 23.1. The highest BCUT2D eigenvalue weighted by atomic mass is 19.4. The fourth-order valence-electron chi connectivity index (χ4n) is 3.73. The molecule has 1 heterocycles. The first-order valence-corrected chi connectivity index (χ1v) is 10.4. The first-order chi connectivity index (χ1) is 14.9. The molecule has 2 aromatic carbocycles. The molecule has 0 spiro atoms. The minimum atomic E-state index is -4.33. The third-order valence-electron chi connectivity index (χ3n) is 5.41. The molecule has 1 amide bonds. The summed E-state index contributed by atoms with van der Waals surface area (Å²) in [6.45, 7) is 4.70. The summed E-state index contributed by atoms with van der Waals surface area (Å²) in [7, 11) is 1.60. The molecule has 0 radical (unpaired) electrons. The fourth-order valence-corrected chi connectivity index (χ4v) is 3.73. The van der Waals surface area contributed by atoms with Crippen molar-refractivity contribution in [2.24, 2.45) is 0 Å². The van der Waals surface area contributed by atoms with Gasteiger partial charge in [-0.15, -0.1) is 0 Å². The van der Waals surface area contributed by atoms with Crippen molar-refractivity contribution in [1.29, 1.82) is 0 Å². The molecule has 31 heavy (non-hydrogen) atoms. The van der Waals surface area contributed by atoms with Gasteiger partial charge in [0, 0.05) is 51.1 Å².